The van der Waals surface area contributed by atoms with Crippen LogP contribution in [-0.4, -0.2) is 19.5 Å². The van der Waals surface area contributed by atoms with E-state index in [9.17, 15) is 5.26 Å². The highest BCUT2D eigenvalue weighted by atomic mass is 15.1. The fourth-order valence-corrected chi connectivity index (χ4v) is 2.33. The fourth-order valence-electron chi connectivity index (χ4n) is 2.33. The van der Waals surface area contributed by atoms with Crippen LogP contribution in [0.4, 0.5) is 11.6 Å². The SMILES string of the molecule is C[C@H](Nc1ncnc(N)c1C#N)c1nccn1-c1ccccc1. The van der Waals surface area contributed by atoms with Crippen molar-refractivity contribution in [2.24, 2.45) is 0 Å². The van der Waals surface area contributed by atoms with Gasteiger partial charge < -0.3 is 15.6 Å². The molecule has 0 aliphatic heterocycles. The third kappa shape index (κ3) is 2.82. The van der Waals surface area contributed by atoms with Gasteiger partial charge >= 0.3 is 0 Å². The van der Waals surface area contributed by atoms with Crippen molar-refractivity contribution in [3.8, 4) is 11.8 Å². The Kier molecular flexibility index (Phi) is 3.89. The van der Waals surface area contributed by atoms with Gasteiger partial charge in [-0.1, -0.05) is 18.2 Å². The average molecular weight is 305 g/mol. The highest BCUT2D eigenvalue weighted by Gasteiger charge is 2.16. The number of hydrogen-bond acceptors (Lipinski definition) is 6. The number of benzene rings is 1. The quantitative estimate of drug-likeness (QED) is 0.766. The van der Waals surface area contributed by atoms with Crippen LogP contribution < -0.4 is 11.1 Å². The van der Waals surface area contributed by atoms with Crippen LogP contribution in [0.15, 0.2) is 49.1 Å². The zero-order chi connectivity index (χ0) is 16.2. The highest BCUT2D eigenvalue weighted by Crippen LogP contribution is 2.23. The number of anilines is 2. The lowest BCUT2D eigenvalue weighted by Crippen LogP contribution is -2.15. The molecule has 0 aliphatic rings. The molecule has 3 N–H and O–H groups in total. The normalized spacial score (nSPS) is 11.7. The lowest BCUT2D eigenvalue weighted by Gasteiger charge is -2.17. The van der Waals surface area contributed by atoms with Gasteiger partial charge in [0.05, 0.1) is 6.04 Å². The van der Waals surface area contributed by atoms with Gasteiger partial charge in [0.15, 0.2) is 0 Å². The first-order valence-electron chi connectivity index (χ1n) is 7.06. The van der Waals surface area contributed by atoms with Gasteiger partial charge in [0.2, 0.25) is 0 Å². The molecule has 0 saturated heterocycles. The number of nitriles is 1. The van der Waals surface area contributed by atoms with Crippen LogP contribution in [0.1, 0.15) is 24.4 Å². The molecule has 0 bridgehead atoms. The van der Waals surface area contributed by atoms with Crippen molar-refractivity contribution in [2.45, 2.75) is 13.0 Å². The van der Waals surface area contributed by atoms with Crippen LogP contribution in [-0.2, 0) is 0 Å². The lowest BCUT2D eigenvalue weighted by atomic mass is 10.2. The van der Waals surface area contributed by atoms with Gasteiger partial charge in [-0.3, -0.25) is 0 Å². The standard InChI is InChI=1S/C16H15N7/c1-11(22-15-13(9-17)14(18)20-10-21-15)16-19-7-8-23(16)12-5-3-2-4-6-12/h2-8,10-11H,1H3,(H3,18,20,21,22)/t11-/m0/s1. The Morgan fingerprint density at radius 2 is 2.00 bits per heavy atom. The summed E-state index contributed by atoms with van der Waals surface area (Å²) in [5.74, 6) is 1.36. The summed E-state index contributed by atoms with van der Waals surface area (Å²) in [7, 11) is 0. The molecule has 0 unspecified atom stereocenters. The molecule has 0 saturated carbocycles. The van der Waals surface area contributed by atoms with Crippen molar-refractivity contribution in [1.82, 2.24) is 19.5 Å². The Hall–Kier alpha value is -3.40. The number of para-hydroxylation sites is 1. The second kappa shape index (κ2) is 6.15. The Morgan fingerprint density at radius 1 is 1.22 bits per heavy atom. The fraction of sp³-hybridized carbons (Fsp3) is 0.125. The van der Waals surface area contributed by atoms with E-state index in [1.807, 2.05) is 54.1 Å². The number of hydrogen-bond donors (Lipinski definition) is 2. The summed E-state index contributed by atoms with van der Waals surface area (Å²) in [6, 6.07) is 11.7. The van der Waals surface area contributed by atoms with E-state index in [-0.39, 0.29) is 17.4 Å². The Balaban J connectivity index is 1.92. The minimum absolute atomic E-state index is 0.156. The van der Waals surface area contributed by atoms with E-state index >= 15 is 0 Å². The monoisotopic (exact) mass is 305 g/mol. The largest absolute Gasteiger partial charge is 0.382 e. The first-order valence-corrected chi connectivity index (χ1v) is 7.06. The minimum Gasteiger partial charge on any atom is -0.382 e. The topological polar surface area (TPSA) is 105 Å². The summed E-state index contributed by atoms with van der Waals surface area (Å²) in [4.78, 5) is 12.3. The summed E-state index contributed by atoms with van der Waals surface area (Å²) >= 11 is 0. The van der Waals surface area contributed by atoms with Crippen LogP contribution in [0.25, 0.3) is 5.69 Å². The Morgan fingerprint density at radius 3 is 2.74 bits per heavy atom. The van der Waals surface area contributed by atoms with E-state index < -0.39 is 0 Å². The first-order chi connectivity index (χ1) is 11.2. The number of nitrogens with two attached hydrogens (primary N) is 1. The van der Waals surface area contributed by atoms with E-state index in [1.165, 1.54) is 6.33 Å². The number of nitrogens with one attached hydrogen (secondary N) is 1. The molecule has 23 heavy (non-hydrogen) atoms. The minimum atomic E-state index is -0.174. The van der Waals surface area contributed by atoms with E-state index in [1.54, 1.807) is 6.20 Å². The molecule has 3 aromatic rings. The Bertz CT molecular complexity index is 848. The molecule has 0 aliphatic carbocycles. The second-order valence-corrected chi connectivity index (χ2v) is 4.95. The average Bonchev–Trinajstić information content (AvgIpc) is 3.06. The number of imidazole rings is 1. The van der Waals surface area contributed by atoms with Crippen molar-refractivity contribution >= 4 is 11.6 Å². The zero-order valence-corrected chi connectivity index (χ0v) is 12.5. The van der Waals surface area contributed by atoms with Crippen molar-refractivity contribution in [3.05, 3.63) is 60.4 Å². The molecule has 0 spiro atoms. The zero-order valence-electron chi connectivity index (χ0n) is 12.5. The summed E-state index contributed by atoms with van der Waals surface area (Å²) in [5, 5.41) is 12.4. The molecule has 0 fully saturated rings. The van der Waals surface area contributed by atoms with Gasteiger partial charge in [-0.15, -0.1) is 0 Å². The summed E-state index contributed by atoms with van der Waals surface area (Å²) in [6.07, 6.45) is 4.96. The molecular weight excluding hydrogens is 290 g/mol. The van der Waals surface area contributed by atoms with Gasteiger partial charge in [-0.25, -0.2) is 15.0 Å². The number of aromatic nitrogens is 4. The maximum absolute atomic E-state index is 9.20. The third-order valence-corrected chi connectivity index (χ3v) is 3.43. The van der Waals surface area contributed by atoms with Gasteiger partial charge in [0, 0.05) is 18.1 Å². The first kappa shape index (κ1) is 14.5. The van der Waals surface area contributed by atoms with Crippen molar-refractivity contribution < 1.29 is 0 Å². The van der Waals surface area contributed by atoms with Crippen LogP contribution in [0.2, 0.25) is 0 Å². The van der Waals surface area contributed by atoms with Gasteiger partial charge in [-0.05, 0) is 19.1 Å². The molecule has 1 atom stereocenters. The van der Waals surface area contributed by atoms with Gasteiger partial charge in [-0.2, -0.15) is 5.26 Å². The molecular formula is C16H15N7. The van der Waals surface area contributed by atoms with E-state index in [4.69, 9.17) is 5.73 Å². The molecule has 114 valence electrons. The number of nitrogen functional groups attached to an aromatic ring is 1. The van der Waals surface area contributed by atoms with Gasteiger partial charge in [0.25, 0.3) is 0 Å². The summed E-state index contributed by atoms with van der Waals surface area (Å²) < 4.78 is 1.98. The van der Waals surface area contributed by atoms with Crippen LogP contribution >= 0.6 is 0 Å². The van der Waals surface area contributed by atoms with Crippen LogP contribution in [0.3, 0.4) is 0 Å². The summed E-state index contributed by atoms with van der Waals surface area (Å²) in [6.45, 7) is 1.95. The Labute approximate surface area is 133 Å². The van der Waals surface area contributed by atoms with Crippen molar-refractivity contribution in [2.75, 3.05) is 11.1 Å². The molecule has 2 heterocycles. The van der Waals surface area contributed by atoms with E-state index in [0.29, 0.717) is 5.82 Å². The molecule has 7 heteroatoms. The molecule has 7 nitrogen and oxygen atoms in total. The number of nitrogens with zero attached hydrogens (tertiary/aromatic N) is 5. The maximum Gasteiger partial charge on any atom is 0.150 e. The molecule has 1 aromatic carbocycles. The van der Waals surface area contributed by atoms with Crippen LogP contribution in [0, 0.1) is 11.3 Å². The predicted octanol–water partition coefficient (Wildman–Crippen LogP) is 2.29. The molecule has 2 aromatic heterocycles. The summed E-state index contributed by atoms with van der Waals surface area (Å²) in [5.41, 5.74) is 6.96. The second-order valence-electron chi connectivity index (χ2n) is 4.95. The smallest absolute Gasteiger partial charge is 0.150 e. The third-order valence-electron chi connectivity index (χ3n) is 3.43. The van der Waals surface area contributed by atoms with Gasteiger partial charge in [0.1, 0.15) is 35.4 Å². The lowest BCUT2D eigenvalue weighted by molar-refractivity contribution is 0.760. The highest BCUT2D eigenvalue weighted by molar-refractivity contribution is 5.62. The van der Waals surface area contributed by atoms with Crippen LogP contribution in [0.5, 0.6) is 0 Å². The van der Waals surface area contributed by atoms with Crippen molar-refractivity contribution in [3.63, 3.8) is 0 Å². The van der Waals surface area contributed by atoms with E-state index in [0.717, 1.165) is 11.5 Å². The van der Waals surface area contributed by atoms with E-state index in [2.05, 4.69) is 20.3 Å². The molecule has 0 amide bonds. The molecule has 3 rings (SSSR count). The van der Waals surface area contributed by atoms with Crippen molar-refractivity contribution in [1.29, 1.82) is 5.26 Å². The molecule has 0 radical (unpaired) electrons. The predicted molar refractivity (Wildman–Crippen MR) is 86.8 cm³/mol. The maximum atomic E-state index is 9.20. The number of rotatable bonds is 4.